The average molecular weight is 443 g/mol. The van der Waals surface area contributed by atoms with Crippen molar-refractivity contribution in [2.45, 2.75) is 147 Å². The number of unbranched alkanes of at least 4 members (excludes halogenated alkanes) is 12. The summed E-state index contributed by atoms with van der Waals surface area (Å²) in [7, 11) is -4.17. The molecule has 0 spiro atoms. The first kappa shape index (κ1) is 32.1. The van der Waals surface area contributed by atoms with E-state index in [9.17, 15) is 18.1 Å². The van der Waals surface area contributed by atoms with Crippen LogP contribution in [0.4, 0.5) is 0 Å². The fourth-order valence-corrected chi connectivity index (χ4v) is 4.79. The summed E-state index contributed by atoms with van der Waals surface area (Å²) in [5.41, 5.74) is 0. The fourth-order valence-electron chi connectivity index (χ4n) is 3.88. The van der Waals surface area contributed by atoms with Crippen molar-refractivity contribution in [2.24, 2.45) is 0 Å². The molecule has 0 heterocycles. The summed E-state index contributed by atoms with van der Waals surface area (Å²) in [6.45, 7) is 4.30. The Kier molecular flexibility index (Phi) is 24.4. The second kappa shape index (κ2) is 22.1. The van der Waals surface area contributed by atoms with Crippen LogP contribution < -0.4 is 29.6 Å². The molecule has 0 aliphatic heterocycles. The van der Waals surface area contributed by atoms with Gasteiger partial charge in [-0.05, 0) is 25.7 Å². The van der Waals surface area contributed by atoms with E-state index in [-0.39, 0.29) is 35.7 Å². The fraction of sp³-hybridized carbons (Fsp3) is 1.00. The number of aliphatic hydroxyl groups is 1. The molecule has 0 rings (SSSR count). The van der Waals surface area contributed by atoms with Crippen molar-refractivity contribution >= 4 is 10.1 Å². The molecule has 0 radical (unpaired) electrons. The summed E-state index contributed by atoms with van der Waals surface area (Å²) in [6.07, 6.45) is 19.4. The summed E-state index contributed by atoms with van der Waals surface area (Å²) in [6, 6.07) is 0. The van der Waals surface area contributed by atoms with Crippen LogP contribution >= 0.6 is 0 Å². The van der Waals surface area contributed by atoms with Gasteiger partial charge in [0.15, 0.2) is 0 Å². The van der Waals surface area contributed by atoms with Gasteiger partial charge in [0, 0.05) is 5.25 Å². The van der Waals surface area contributed by atoms with Crippen LogP contribution in [0.5, 0.6) is 0 Å². The van der Waals surface area contributed by atoms with Gasteiger partial charge in [-0.3, -0.25) is 0 Å². The zero-order valence-corrected chi connectivity index (χ0v) is 22.5. The smallest absolute Gasteiger partial charge is 0.748 e. The monoisotopic (exact) mass is 442 g/mol. The number of aliphatic hydroxyl groups excluding tert-OH is 1. The molecule has 0 aliphatic rings. The molecule has 0 saturated heterocycles. The first-order valence-electron chi connectivity index (χ1n) is 12.0. The van der Waals surface area contributed by atoms with Gasteiger partial charge in [0.05, 0.1) is 16.2 Å². The Labute approximate surface area is 204 Å². The third-order valence-corrected chi connectivity index (χ3v) is 7.01. The van der Waals surface area contributed by atoms with E-state index in [0.29, 0.717) is 12.8 Å². The van der Waals surface area contributed by atoms with Crippen molar-refractivity contribution in [2.75, 3.05) is 0 Å². The van der Waals surface area contributed by atoms with E-state index in [4.69, 9.17) is 0 Å². The zero-order chi connectivity index (χ0) is 21.1. The standard InChI is InChI=1S/C23H48O4S.Na/c1-3-5-6-7-8-9-10-13-16-20-23(28(25,26)27)21-17-14-11-12-15-19-22(24)18-4-2;/h22-24H,3-21H2,1-2H3,(H,25,26,27);/q;+1/p-1. The molecule has 0 bridgehead atoms. The second-order valence-corrected chi connectivity index (χ2v) is 10.2. The molecule has 1 N–H and O–H groups in total. The normalized spacial score (nSPS) is 13.8. The van der Waals surface area contributed by atoms with E-state index in [0.717, 1.165) is 70.6 Å². The van der Waals surface area contributed by atoms with Crippen LogP contribution in [0.2, 0.25) is 0 Å². The summed E-state index contributed by atoms with van der Waals surface area (Å²) < 4.78 is 34.6. The molecule has 0 aliphatic carbocycles. The van der Waals surface area contributed by atoms with E-state index >= 15 is 0 Å². The van der Waals surface area contributed by atoms with Crippen LogP contribution in [0.15, 0.2) is 0 Å². The van der Waals surface area contributed by atoms with Crippen LogP contribution in [0.3, 0.4) is 0 Å². The first-order chi connectivity index (χ1) is 13.4. The number of hydrogen-bond donors (Lipinski definition) is 1. The molecular formula is C23H47NaO4S. The minimum absolute atomic E-state index is 0. The van der Waals surface area contributed by atoms with Gasteiger partial charge in [-0.2, -0.15) is 0 Å². The van der Waals surface area contributed by atoms with Gasteiger partial charge in [-0.1, -0.05) is 110 Å². The van der Waals surface area contributed by atoms with Crippen LogP contribution in [-0.4, -0.2) is 29.4 Å². The Hall–Kier alpha value is 0.870. The predicted molar refractivity (Wildman–Crippen MR) is 119 cm³/mol. The maximum atomic E-state index is 11.5. The van der Waals surface area contributed by atoms with E-state index < -0.39 is 15.4 Å². The summed E-state index contributed by atoms with van der Waals surface area (Å²) in [4.78, 5) is 0. The first-order valence-corrected chi connectivity index (χ1v) is 13.5. The van der Waals surface area contributed by atoms with Crippen molar-refractivity contribution in [3.05, 3.63) is 0 Å². The molecule has 170 valence electrons. The Bertz CT molecular complexity index is 429. The number of rotatable bonds is 21. The molecule has 0 aromatic heterocycles. The number of hydrogen-bond acceptors (Lipinski definition) is 4. The van der Waals surface area contributed by atoms with Gasteiger partial charge in [-0.15, -0.1) is 0 Å². The van der Waals surface area contributed by atoms with E-state index in [1.165, 1.54) is 38.5 Å². The maximum Gasteiger partial charge on any atom is 1.00 e. The quantitative estimate of drug-likeness (QED) is 0.167. The second-order valence-electron chi connectivity index (χ2n) is 8.52. The van der Waals surface area contributed by atoms with Gasteiger partial charge in [0.2, 0.25) is 0 Å². The molecule has 2 unspecified atom stereocenters. The molecule has 0 aromatic rings. The van der Waals surface area contributed by atoms with Crippen molar-refractivity contribution < 1.29 is 47.6 Å². The summed E-state index contributed by atoms with van der Waals surface area (Å²) in [5, 5.41) is 9.01. The zero-order valence-electron chi connectivity index (χ0n) is 19.7. The van der Waals surface area contributed by atoms with Gasteiger partial charge in [-0.25, -0.2) is 8.42 Å². The minimum atomic E-state index is -4.17. The van der Waals surface area contributed by atoms with Crippen molar-refractivity contribution in [3.8, 4) is 0 Å². The average Bonchev–Trinajstić information content (AvgIpc) is 2.63. The topological polar surface area (TPSA) is 77.4 Å². The molecular weight excluding hydrogens is 395 g/mol. The Balaban J connectivity index is 0. The van der Waals surface area contributed by atoms with Crippen LogP contribution in [0.1, 0.15) is 136 Å². The van der Waals surface area contributed by atoms with Crippen molar-refractivity contribution in [1.82, 2.24) is 0 Å². The molecule has 0 aromatic carbocycles. The van der Waals surface area contributed by atoms with Gasteiger partial charge in [0.25, 0.3) is 0 Å². The van der Waals surface area contributed by atoms with Crippen LogP contribution in [0.25, 0.3) is 0 Å². The Morgan fingerprint density at radius 3 is 1.38 bits per heavy atom. The largest absolute Gasteiger partial charge is 1.00 e. The minimum Gasteiger partial charge on any atom is -0.748 e. The van der Waals surface area contributed by atoms with Crippen molar-refractivity contribution in [3.63, 3.8) is 0 Å². The molecule has 29 heavy (non-hydrogen) atoms. The van der Waals surface area contributed by atoms with Gasteiger partial charge in [0.1, 0.15) is 0 Å². The van der Waals surface area contributed by atoms with E-state index in [2.05, 4.69) is 13.8 Å². The Morgan fingerprint density at radius 2 is 1.00 bits per heavy atom. The molecule has 6 heteroatoms. The Morgan fingerprint density at radius 1 is 0.621 bits per heavy atom. The SMILES string of the molecule is CCCCCCCCCCCC(CCCCCCCC(O)CCC)S(=O)(=O)[O-].[Na+]. The third kappa shape index (κ3) is 21.9. The van der Waals surface area contributed by atoms with Crippen LogP contribution in [-0.2, 0) is 10.1 Å². The molecule has 0 saturated carbocycles. The maximum absolute atomic E-state index is 11.5. The summed E-state index contributed by atoms with van der Waals surface area (Å²) >= 11 is 0. The predicted octanol–water partition coefficient (Wildman–Crippen LogP) is 3.72. The summed E-state index contributed by atoms with van der Waals surface area (Å²) in [5.74, 6) is 0. The van der Waals surface area contributed by atoms with Gasteiger partial charge < -0.3 is 9.66 Å². The molecule has 2 atom stereocenters. The van der Waals surface area contributed by atoms with E-state index in [1.807, 2.05) is 0 Å². The van der Waals surface area contributed by atoms with Crippen LogP contribution in [0, 0.1) is 0 Å². The van der Waals surface area contributed by atoms with Gasteiger partial charge >= 0.3 is 29.6 Å². The third-order valence-electron chi connectivity index (χ3n) is 5.72. The van der Waals surface area contributed by atoms with E-state index in [1.54, 1.807) is 0 Å². The van der Waals surface area contributed by atoms with Crippen molar-refractivity contribution in [1.29, 1.82) is 0 Å². The molecule has 0 fully saturated rings. The molecule has 4 nitrogen and oxygen atoms in total. The molecule has 0 amide bonds.